The minimum atomic E-state index is -3.74. The van der Waals surface area contributed by atoms with Gasteiger partial charge in [0.1, 0.15) is 5.69 Å². The predicted octanol–water partition coefficient (Wildman–Crippen LogP) is 1.08. The highest BCUT2D eigenvalue weighted by Crippen LogP contribution is 2.08. The van der Waals surface area contributed by atoms with Gasteiger partial charge in [-0.15, -0.1) is 5.10 Å². The number of sulfonamides is 1. The number of primary sulfonamides is 1. The lowest BCUT2D eigenvalue weighted by atomic mass is 10.1. The van der Waals surface area contributed by atoms with Crippen LogP contribution in [0.1, 0.15) is 42.7 Å². The zero-order valence-electron chi connectivity index (χ0n) is 25.1. The molecule has 0 aliphatic heterocycles. The second-order valence-electron chi connectivity index (χ2n) is 9.46. The Kier molecular flexibility index (Phi) is 19.9. The van der Waals surface area contributed by atoms with E-state index in [0.29, 0.717) is 78.4 Å². The first-order valence-corrected chi connectivity index (χ1v) is 15.4. The van der Waals surface area contributed by atoms with Gasteiger partial charge >= 0.3 is 5.97 Å². The number of nitrogens with one attached hydrogen (secondary N) is 1. The number of hydrogen-bond acceptors (Lipinski definition) is 11. The van der Waals surface area contributed by atoms with E-state index >= 15 is 0 Å². The lowest BCUT2D eigenvalue weighted by Gasteiger charge is -2.07. The zero-order chi connectivity index (χ0) is 31.9. The maximum Gasteiger partial charge on any atom is 0.335 e. The minimum Gasteiger partial charge on any atom is -0.478 e. The molecule has 43 heavy (non-hydrogen) atoms. The number of nitrogens with zero attached hydrogens (tertiary/aromatic N) is 3. The van der Waals surface area contributed by atoms with E-state index in [0.717, 1.165) is 30.8 Å². The smallest absolute Gasteiger partial charge is 0.335 e. The number of aromatic carboxylic acids is 1. The maximum atomic E-state index is 11.0. The molecule has 2 rings (SSSR count). The van der Waals surface area contributed by atoms with Gasteiger partial charge in [-0.25, -0.2) is 18.4 Å². The van der Waals surface area contributed by atoms with Crippen molar-refractivity contribution in [2.24, 2.45) is 11.1 Å². The maximum absolute atomic E-state index is 11.0. The summed E-state index contributed by atoms with van der Waals surface area (Å²) >= 11 is 0. The number of carbonyl (C=O) groups is 2. The number of hydrogen-bond donors (Lipinski definition) is 3. The van der Waals surface area contributed by atoms with Crippen LogP contribution in [0.3, 0.4) is 0 Å². The molecule has 1 amide bonds. The highest BCUT2D eigenvalue weighted by Gasteiger charge is 2.08. The molecule has 0 saturated heterocycles. The molecule has 0 bridgehead atoms. The van der Waals surface area contributed by atoms with Crippen molar-refractivity contribution < 1.29 is 46.8 Å². The van der Waals surface area contributed by atoms with Gasteiger partial charge in [0.2, 0.25) is 15.9 Å². The first kappa shape index (κ1) is 38.0. The summed E-state index contributed by atoms with van der Waals surface area (Å²) in [6, 6.07) is 4.67. The first-order valence-electron chi connectivity index (χ1n) is 13.9. The number of nitrogens with two attached hydrogens (primary N) is 1. The fraction of sp³-hybridized carbons (Fsp3) is 0.630. The summed E-state index contributed by atoms with van der Waals surface area (Å²) in [6.45, 7) is 10.1. The molecule has 1 aromatic heterocycles. The van der Waals surface area contributed by atoms with Crippen LogP contribution in [0, 0.1) is 5.92 Å². The predicted molar refractivity (Wildman–Crippen MR) is 156 cm³/mol. The highest BCUT2D eigenvalue weighted by atomic mass is 32.2. The van der Waals surface area contributed by atoms with Crippen molar-refractivity contribution in [2.45, 2.75) is 44.7 Å². The molecule has 0 spiro atoms. The fourth-order valence-corrected chi connectivity index (χ4v) is 3.55. The van der Waals surface area contributed by atoms with Gasteiger partial charge < -0.3 is 34.1 Å². The molecule has 15 nitrogen and oxygen atoms in total. The second-order valence-corrected chi connectivity index (χ2v) is 11.0. The van der Waals surface area contributed by atoms with Crippen molar-refractivity contribution in [1.29, 1.82) is 0 Å². The number of aromatic nitrogens is 3. The summed E-state index contributed by atoms with van der Waals surface area (Å²) in [5.74, 6) is -0.491. The van der Waals surface area contributed by atoms with Crippen LogP contribution in [-0.4, -0.2) is 107 Å². The molecular weight excluding hydrogens is 586 g/mol. The molecule has 1 heterocycles. The van der Waals surface area contributed by atoms with Gasteiger partial charge in [0, 0.05) is 20.0 Å². The van der Waals surface area contributed by atoms with Crippen molar-refractivity contribution in [3.8, 4) is 0 Å². The summed E-state index contributed by atoms with van der Waals surface area (Å²) in [5.41, 5.74) is 0.853. The Morgan fingerprint density at radius 2 is 1.42 bits per heavy atom. The van der Waals surface area contributed by atoms with E-state index in [1.165, 1.54) is 12.1 Å². The van der Waals surface area contributed by atoms with E-state index in [2.05, 4.69) is 29.5 Å². The Morgan fingerprint density at radius 1 is 0.907 bits per heavy atom. The third-order valence-electron chi connectivity index (χ3n) is 5.44. The first-order chi connectivity index (χ1) is 20.5. The van der Waals surface area contributed by atoms with E-state index in [1.807, 2.05) is 10.9 Å². The van der Waals surface area contributed by atoms with Gasteiger partial charge in [-0.1, -0.05) is 19.1 Å². The average Bonchev–Trinajstić information content (AvgIpc) is 3.43. The van der Waals surface area contributed by atoms with Crippen LogP contribution >= 0.6 is 0 Å². The molecule has 1 aromatic carbocycles. The Balaban J connectivity index is 0.000000589. The van der Waals surface area contributed by atoms with Gasteiger partial charge in [-0.2, -0.15) is 0 Å². The summed E-state index contributed by atoms with van der Waals surface area (Å²) in [6.07, 6.45) is 3.38. The van der Waals surface area contributed by atoms with E-state index in [1.54, 1.807) is 7.05 Å². The van der Waals surface area contributed by atoms with Crippen molar-refractivity contribution in [3.63, 3.8) is 0 Å². The fourth-order valence-electron chi connectivity index (χ4n) is 3.04. The van der Waals surface area contributed by atoms with Gasteiger partial charge in [0.05, 0.1) is 82.7 Å². The molecule has 0 unspecified atom stereocenters. The third-order valence-corrected chi connectivity index (χ3v) is 6.37. The van der Waals surface area contributed by atoms with E-state index in [4.69, 9.17) is 33.9 Å². The van der Waals surface area contributed by atoms with Crippen molar-refractivity contribution >= 4 is 21.9 Å². The number of ether oxygens (including phenoxy) is 5. The molecule has 16 heteroatoms. The zero-order valence-corrected chi connectivity index (χ0v) is 25.9. The Labute approximate surface area is 253 Å². The molecule has 0 aliphatic rings. The number of benzene rings is 1. The molecule has 244 valence electrons. The Morgan fingerprint density at radius 3 is 1.88 bits per heavy atom. The lowest BCUT2D eigenvalue weighted by molar-refractivity contribution is -0.121. The number of aryl methyl sites for hydroxylation is 1. The van der Waals surface area contributed by atoms with Gasteiger partial charge in [0.25, 0.3) is 0 Å². The molecule has 0 radical (unpaired) electrons. The summed E-state index contributed by atoms with van der Waals surface area (Å²) in [4.78, 5) is 21.3. The minimum absolute atomic E-state index is 0.0207. The van der Waals surface area contributed by atoms with Crippen LogP contribution in [0.25, 0.3) is 0 Å². The quantitative estimate of drug-likeness (QED) is 0.156. The molecule has 0 fully saturated rings. The number of rotatable bonds is 22. The monoisotopic (exact) mass is 631 g/mol. The normalized spacial score (nSPS) is 11.3. The second kappa shape index (κ2) is 22.5. The van der Waals surface area contributed by atoms with Crippen molar-refractivity contribution in [2.75, 3.05) is 66.5 Å². The van der Waals surface area contributed by atoms with Crippen LogP contribution in [-0.2, 0) is 51.7 Å². The van der Waals surface area contributed by atoms with Crippen LogP contribution in [0.5, 0.6) is 0 Å². The van der Waals surface area contributed by atoms with Crippen molar-refractivity contribution in [1.82, 2.24) is 20.3 Å². The average molecular weight is 632 g/mol. The summed E-state index contributed by atoms with van der Waals surface area (Å²) in [7, 11) is -2.13. The highest BCUT2D eigenvalue weighted by molar-refractivity contribution is 7.89. The largest absolute Gasteiger partial charge is 0.478 e. The van der Waals surface area contributed by atoms with Crippen LogP contribution in [0.15, 0.2) is 35.4 Å². The van der Waals surface area contributed by atoms with E-state index in [-0.39, 0.29) is 16.4 Å². The van der Waals surface area contributed by atoms with Gasteiger partial charge in [-0.05, 0) is 36.6 Å². The van der Waals surface area contributed by atoms with Crippen molar-refractivity contribution in [3.05, 3.63) is 41.7 Å². The number of carboxylic acid groups (broad SMARTS) is 1. The molecule has 0 atom stereocenters. The summed E-state index contributed by atoms with van der Waals surface area (Å²) in [5, 5.41) is 24.0. The van der Waals surface area contributed by atoms with E-state index in [9.17, 15) is 18.0 Å². The van der Waals surface area contributed by atoms with E-state index < -0.39 is 16.0 Å². The summed E-state index contributed by atoms with van der Waals surface area (Å²) < 4.78 is 50.4. The third kappa shape index (κ3) is 19.8. The topological polar surface area (TPSA) is 203 Å². The van der Waals surface area contributed by atoms with Crippen LogP contribution in [0.4, 0.5) is 0 Å². The SMILES string of the molecule is CNC(=O)CCOCCOCCOCCOCCOCc1cn(CCC(C)C)nn1.NS(=O)(=O)c1ccc(C(=O)O)cc1. The molecule has 2 aromatic rings. The van der Waals surface area contributed by atoms with Crippen LogP contribution in [0.2, 0.25) is 0 Å². The van der Waals surface area contributed by atoms with Gasteiger partial charge in [-0.3, -0.25) is 9.48 Å². The molecular formula is C27H45N5O10S. The molecule has 4 N–H and O–H groups in total. The standard InChI is InChI=1S/C20H38N4O6.C7H7NO4S/c1-18(2)4-6-24-16-19(22-23-24)17-30-15-14-29-13-12-28-11-10-27-9-8-26-7-5-20(25)21-3;8-13(11,12)6-3-1-5(2-4-6)7(9)10/h16,18H,4-15,17H2,1-3H3,(H,21,25);1-4H,(H,9,10)(H2,8,11,12). The molecule has 0 aliphatic carbocycles. The number of carboxylic acids is 1. The number of carbonyl (C=O) groups excluding carboxylic acids is 1. The Hall–Kier alpha value is -2.99. The number of amides is 1. The lowest BCUT2D eigenvalue weighted by Crippen LogP contribution is -2.20. The molecule has 0 saturated carbocycles. The Bertz CT molecular complexity index is 1140. The van der Waals surface area contributed by atoms with Crippen LogP contribution < -0.4 is 10.5 Å². The van der Waals surface area contributed by atoms with Gasteiger partial charge in [0.15, 0.2) is 0 Å².